The minimum atomic E-state index is -0.452. The van der Waals surface area contributed by atoms with E-state index in [4.69, 9.17) is 5.84 Å². The molecular formula is C10H9N5O2. The molecule has 86 valence electrons. The van der Waals surface area contributed by atoms with Crippen molar-refractivity contribution in [2.45, 2.75) is 0 Å². The maximum atomic E-state index is 10.6. The number of hydrogen-bond acceptors (Lipinski definition) is 6. The molecule has 0 aliphatic carbocycles. The van der Waals surface area contributed by atoms with Crippen LogP contribution < -0.4 is 11.3 Å². The smallest absolute Gasteiger partial charge is 0.270 e. The quantitative estimate of drug-likeness (QED) is 0.469. The van der Waals surface area contributed by atoms with Gasteiger partial charge in [0.15, 0.2) is 0 Å². The van der Waals surface area contributed by atoms with Crippen LogP contribution >= 0.6 is 0 Å². The Labute approximate surface area is 96.4 Å². The average Bonchev–Trinajstić information content (AvgIpc) is 2.39. The minimum Gasteiger partial charge on any atom is -0.292 e. The number of rotatable bonds is 3. The second-order valence-corrected chi connectivity index (χ2v) is 3.22. The van der Waals surface area contributed by atoms with E-state index in [0.717, 1.165) is 0 Å². The molecule has 1 aromatic heterocycles. The van der Waals surface area contributed by atoms with Gasteiger partial charge in [0.05, 0.1) is 10.6 Å². The number of nitro benzene ring substituents is 1. The van der Waals surface area contributed by atoms with Crippen molar-refractivity contribution >= 4 is 11.6 Å². The Bertz CT molecular complexity index is 558. The van der Waals surface area contributed by atoms with Crippen LogP contribution in [0, 0.1) is 10.1 Å². The molecular weight excluding hydrogens is 222 g/mol. The zero-order valence-corrected chi connectivity index (χ0v) is 8.70. The highest BCUT2D eigenvalue weighted by atomic mass is 16.6. The van der Waals surface area contributed by atoms with Gasteiger partial charge in [-0.1, -0.05) is 12.1 Å². The van der Waals surface area contributed by atoms with E-state index in [1.54, 1.807) is 18.2 Å². The topological polar surface area (TPSA) is 107 Å². The molecule has 0 saturated heterocycles. The summed E-state index contributed by atoms with van der Waals surface area (Å²) in [6, 6.07) is 7.86. The predicted octanol–water partition coefficient (Wildman–Crippen LogP) is 1.34. The molecule has 0 saturated carbocycles. The third-order valence-electron chi connectivity index (χ3n) is 2.14. The summed E-state index contributed by atoms with van der Waals surface area (Å²) in [5.74, 6) is 5.45. The number of nitrogens with zero attached hydrogens (tertiary/aromatic N) is 3. The highest BCUT2D eigenvalue weighted by Gasteiger charge is 2.08. The third-order valence-corrected chi connectivity index (χ3v) is 2.14. The van der Waals surface area contributed by atoms with Gasteiger partial charge in [0.25, 0.3) is 5.69 Å². The van der Waals surface area contributed by atoms with Crippen molar-refractivity contribution in [1.82, 2.24) is 9.97 Å². The Morgan fingerprint density at radius 3 is 2.88 bits per heavy atom. The van der Waals surface area contributed by atoms with E-state index in [1.807, 2.05) is 0 Å². The minimum absolute atomic E-state index is 0.0170. The fraction of sp³-hybridized carbons (Fsp3) is 0. The van der Waals surface area contributed by atoms with Crippen LogP contribution in [0.5, 0.6) is 0 Å². The molecule has 17 heavy (non-hydrogen) atoms. The van der Waals surface area contributed by atoms with Crippen LogP contribution in [0.15, 0.2) is 36.5 Å². The highest BCUT2D eigenvalue weighted by molar-refractivity contribution is 5.63. The molecule has 0 aliphatic rings. The molecule has 0 amide bonds. The lowest BCUT2D eigenvalue weighted by atomic mass is 10.1. The van der Waals surface area contributed by atoms with E-state index in [9.17, 15) is 10.1 Å². The van der Waals surface area contributed by atoms with Crippen molar-refractivity contribution in [3.63, 3.8) is 0 Å². The molecule has 1 aromatic carbocycles. The van der Waals surface area contributed by atoms with Crippen molar-refractivity contribution in [2.24, 2.45) is 5.84 Å². The number of nitro groups is 1. The van der Waals surface area contributed by atoms with Gasteiger partial charge in [-0.15, -0.1) is 0 Å². The number of hydrogen-bond donors (Lipinski definition) is 2. The first-order chi connectivity index (χ1) is 8.20. The van der Waals surface area contributed by atoms with Crippen LogP contribution in [0.4, 0.5) is 11.6 Å². The lowest BCUT2D eigenvalue weighted by Gasteiger charge is -2.02. The number of aromatic nitrogens is 2. The lowest BCUT2D eigenvalue weighted by Crippen LogP contribution is -2.10. The molecule has 7 heteroatoms. The van der Waals surface area contributed by atoms with Crippen LogP contribution in [-0.2, 0) is 0 Å². The van der Waals surface area contributed by atoms with Gasteiger partial charge in [-0.05, 0) is 6.07 Å². The molecule has 0 radical (unpaired) electrons. The molecule has 0 fully saturated rings. The van der Waals surface area contributed by atoms with Crippen LogP contribution in [0.1, 0.15) is 0 Å². The Morgan fingerprint density at radius 1 is 1.35 bits per heavy atom. The van der Waals surface area contributed by atoms with Gasteiger partial charge >= 0.3 is 0 Å². The monoisotopic (exact) mass is 231 g/mol. The van der Waals surface area contributed by atoms with Gasteiger partial charge in [0.1, 0.15) is 0 Å². The second-order valence-electron chi connectivity index (χ2n) is 3.22. The normalized spacial score (nSPS) is 9.94. The summed E-state index contributed by atoms with van der Waals surface area (Å²) in [4.78, 5) is 18.1. The first-order valence-electron chi connectivity index (χ1n) is 4.75. The Kier molecular flexibility index (Phi) is 2.93. The number of nitrogens with two attached hydrogens (primary N) is 1. The van der Waals surface area contributed by atoms with Crippen LogP contribution in [0.2, 0.25) is 0 Å². The van der Waals surface area contributed by atoms with Crippen molar-refractivity contribution in [3.05, 3.63) is 46.6 Å². The number of anilines is 1. The van der Waals surface area contributed by atoms with E-state index in [2.05, 4.69) is 15.4 Å². The number of benzene rings is 1. The number of nitrogen functional groups attached to an aromatic ring is 1. The summed E-state index contributed by atoms with van der Waals surface area (Å²) >= 11 is 0. The molecule has 0 aliphatic heterocycles. The van der Waals surface area contributed by atoms with E-state index >= 15 is 0 Å². The van der Waals surface area contributed by atoms with Gasteiger partial charge in [-0.2, -0.15) is 0 Å². The van der Waals surface area contributed by atoms with E-state index in [0.29, 0.717) is 11.3 Å². The number of hydrazine groups is 1. The van der Waals surface area contributed by atoms with Crippen molar-refractivity contribution in [3.8, 4) is 11.3 Å². The standard InChI is InChI=1S/C10H9N5O2/c11-14-10-12-5-4-9(13-10)7-2-1-3-8(6-7)15(16)17/h1-6H,11H2,(H,12,13,14). The molecule has 1 heterocycles. The number of non-ortho nitro benzene ring substituents is 1. The van der Waals surface area contributed by atoms with Crippen LogP contribution in [-0.4, -0.2) is 14.9 Å². The van der Waals surface area contributed by atoms with Crippen molar-refractivity contribution in [1.29, 1.82) is 0 Å². The maximum Gasteiger partial charge on any atom is 0.270 e. The number of nitrogens with one attached hydrogen (secondary N) is 1. The molecule has 0 spiro atoms. The van der Waals surface area contributed by atoms with Gasteiger partial charge < -0.3 is 0 Å². The van der Waals surface area contributed by atoms with E-state index in [-0.39, 0.29) is 11.6 Å². The average molecular weight is 231 g/mol. The first-order valence-corrected chi connectivity index (χ1v) is 4.75. The molecule has 0 unspecified atom stereocenters. The first kappa shape index (κ1) is 11.0. The van der Waals surface area contributed by atoms with Crippen LogP contribution in [0.25, 0.3) is 11.3 Å². The summed E-state index contributed by atoms with van der Waals surface area (Å²) in [5.41, 5.74) is 3.54. The Hall–Kier alpha value is -2.54. The summed E-state index contributed by atoms with van der Waals surface area (Å²) in [6.45, 7) is 0. The Balaban J connectivity index is 2.45. The van der Waals surface area contributed by atoms with Gasteiger partial charge in [0, 0.05) is 23.9 Å². The molecule has 0 atom stereocenters. The summed E-state index contributed by atoms with van der Waals surface area (Å²) in [6.07, 6.45) is 1.52. The Morgan fingerprint density at radius 2 is 2.18 bits per heavy atom. The van der Waals surface area contributed by atoms with E-state index < -0.39 is 4.92 Å². The molecule has 0 bridgehead atoms. The van der Waals surface area contributed by atoms with Crippen molar-refractivity contribution < 1.29 is 4.92 Å². The van der Waals surface area contributed by atoms with Gasteiger partial charge in [0.2, 0.25) is 5.95 Å². The van der Waals surface area contributed by atoms with Crippen LogP contribution in [0.3, 0.4) is 0 Å². The fourth-order valence-corrected chi connectivity index (χ4v) is 1.37. The highest BCUT2D eigenvalue weighted by Crippen LogP contribution is 2.22. The zero-order valence-electron chi connectivity index (χ0n) is 8.70. The summed E-state index contributed by atoms with van der Waals surface area (Å²) in [7, 11) is 0. The predicted molar refractivity (Wildman–Crippen MR) is 61.9 cm³/mol. The SMILES string of the molecule is NNc1nccc(-c2cccc([N+](=O)[O-])c2)n1. The van der Waals surface area contributed by atoms with E-state index in [1.165, 1.54) is 18.3 Å². The third kappa shape index (κ3) is 2.34. The second kappa shape index (κ2) is 4.54. The van der Waals surface area contributed by atoms with Crippen molar-refractivity contribution in [2.75, 3.05) is 5.43 Å². The lowest BCUT2D eigenvalue weighted by molar-refractivity contribution is -0.384. The summed E-state index contributed by atoms with van der Waals surface area (Å²) < 4.78 is 0. The van der Waals surface area contributed by atoms with Gasteiger partial charge in [-0.3, -0.25) is 15.5 Å². The largest absolute Gasteiger partial charge is 0.292 e. The summed E-state index contributed by atoms with van der Waals surface area (Å²) in [5, 5.41) is 10.6. The zero-order chi connectivity index (χ0) is 12.3. The fourth-order valence-electron chi connectivity index (χ4n) is 1.37. The van der Waals surface area contributed by atoms with Gasteiger partial charge in [-0.25, -0.2) is 15.8 Å². The molecule has 2 aromatic rings. The molecule has 7 nitrogen and oxygen atoms in total. The molecule has 3 N–H and O–H groups in total. The molecule has 2 rings (SSSR count). The maximum absolute atomic E-state index is 10.6.